The van der Waals surface area contributed by atoms with Crippen molar-refractivity contribution in [2.45, 2.75) is 11.8 Å². The molecule has 1 aromatic carbocycles. The second-order valence-electron chi connectivity index (χ2n) is 3.97. The zero-order valence-corrected chi connectivity index (χ0v) is 11.6. The van der Waals surface area contributed by atoms with Crippen LogP contribution in [0.5, 0.6) is 0 Å². The first-order valence-corrected chi connectivity index (χ1v) is 7.21. The highest BCUT2D eigenvalue weighted by Crippen LogP contribution is 2.18. The fraction of sp³-hybridized carbons (Fsp3) is 0.0769. The van der Waals surface area contributed by atoms with Gasteiger partial charge in [0.25, 0.3) is 10.0 Å². The van der Waals surface area contributed by atoms with Crippen LogP contribution in [0.2, 0.25) is 5.02 Å². The summed E-state index contributed by atoms with van der Waals surface area (Å²) in [6.07, 6.45) is 4.02. The van der Waals surface area contributed by atoms with Crippen molar-refractivity contribution in [3.8, 4) is 0 Å². The van der Waals surface area contributed by atoms with Crippen LogP contribution in [0.15, 0.2) is 57.4 Å². The molecule has 0 radical (unpaired) electrons. The van der Waals surface area contributed by atoms with E-state index in [1.54, 1.807) is 6.92 Å². The maximum atomic E-state index is 12.1. The Morgan fingerprint density at radius 3 is 2.32 bits per heavy atom. The number of ketones is 1. The molecule has 0 heterocycles. The highest BCUT2D eigenvalue weighted by Gasteiger charge is 2.16. The van der Waals surface area contributed by atoms with Crippen LogP contribution in [0.4, 0.5) is 0 Å². The molecule has 98 valence electrons. The first kappa shape index (κ1) is 13.7. The molecule has 0 amide bonds. The molecular formula is C13H10ClNO3S. The number of nitrogens with zero attached hydrogens (tertiary/aromatic N) is 1. The molecule has 0 unspecified atom stereocenters. The van der Waals surface area contributed by atoms with Gasteiger partial charge in [-0.25, -0.2) is 0 Å². The summed E-state index contributed by atoms with van der Waals surface area (Å²) in [7, 11) is -3.80. The third kappa shape index (κ3) is 3.19. The van der Waals surface area contributed by atoms with Crippen molar-refractivity contribution in [1.29, 1.82) is 0 Å². The van der Waals surface area contributed by atoms with Gasteiger partial charge in [0.2, 0.25) is 0 Å². The lowest BCUT2D eigenvalue weighted by Crippen LogP contribution is -2.09. The highest BCUT2D eigenvalue weighted by atomic mass is 35.5. The number of carbonyl (C=O) groups is 1. The van der Waals surface area contributed by atoms with E-state index in [0.29, 0.717) is 10.6 Å². The zero-order valence-electron chi connectivity index (χ0n) is 10.00. The molecule has 0 N–H and O–H groups in total. The summed E-state index contributed by atoms with van der Waals surface area (Å²) in [5.41, 5.74) is 0.777. The first-order valence-electron chi connectivity index (χ1n) is 5.40. The molecule has 0 saturated heterocycles. The molecule has 0 bridgehead atoms. The van der Waals surface area contributed by atoms with Crippen molar-refractivity contribution in [2.24, 2.45) is 4.40 Å². The standard InChI is InChI=1S/C13H10ClNO3S/c1-9-8-11(16)4-7-13(9)15-19(17,18)12-5-2-10(14)3-6-12/h2-8H,1H3/b15-13+. The molecule has 2 rings (SSSR count). The lowest BCUT2D eigenvalue weighted by Gasteiger charge is -2.06. The van der Waals surface area contributed by atoms with E-state index in [-0.39, 0.29) is 16.4 Å². The maximum Gasteiger partial charge on any atom is 0.282 e. The Kier molecular flexibility index (Phi) is 3.68. The second-order valence-corrected chi connectivity index (χ2v) is 6.01. The molecule has 1 aliphatic rings. The van der Waals surface area contributed by atoms with Gasteiger partial charge in [-0.15, -0.1) is 0 Å². The molecule has 6 heteroatoms. The number of benzene rings is 1. The quantitative estimate of drug-likeness (QED) is 0.788. The van der Waals surface area contributed by atoms with Crippen LogP contribution in [-0.2, 0) is 14.8 Å². The predicted molar refractivity (Wildman–Crippen MR) is 74.0 cm³/mol. The minimum atomic E-state index is -3.80. The van der Waals surface area contributed by atoms with Gasteiger partial charge >= 0.3 is 0 Å². The van der Waals surface area contributed by atoms with E-state index in [9.17, 15) is 13.2 Å². The Hall–Kier alpha value is -1.72. The molecular weight excluding hydrogens is 286 g/mol. The van der Waals surface area contributed by atoms with E-state index < -0.39 is 10.0 Å². The van der Waals surface area contributed by atoms with Gasteiger partial charge in [-0.3, -0.25) is 4.79 Å². The van der Waals surface area contributed by atoms with E-state index in [2.05, 4.69) is 4.40 Å². The summed E-state index contributed by atoms with van der Waals surface area (Å²) in [5, 5.41) is 0.450. The minimum absolute atomic E-state index is 0.0579. The molecule has 19 heavy (non-hydrogen) atoms. The summed E-state index contributed by atoms with van der Waals surface area (Å²) in [5.74, 6) is -0.180. The third-order valence-electron chi connectivity index (χ3n) is 2.50. The van der Waals surface area contributed by atoms with Crippen molar-refractivity contribution in [1.82, 2.24) is 0 Å². The fourth-order valence-electron chi connectivity index (χ4n) is 1.52. The van der Waals surface area contributed by atoms with Crippen molar-refractivity contribution in [3.05, 3.63) is 53.1 Å². The van der Waals surface area contributed by atoms with E-state index in [1.807, 2.05) is 0 Å². The summed E-state index contributed by atoms with van der Waals surface area (Å²) in [6, 6.07) is 5.74. The van der Waals surface area contributed by atoms with Crippen LogP contribution in [0.3, 0.4) is 0 Å². The van der Waals surface area contributed by atoms with E-state index in [0.717, 1.165) is 0 Å². The third-order valence-corrected chi connectivity index (χ3v) is 4.06. The molecule has 0 spiro atoms. The van der Waals surface area contributed by atoms with Crippen LogP contribution >= 0.6 is 11.6 Å². The van der Waals surface area contributed by atoms with Gasteiger partial charge in [0.1, 0.15) is 0 Å². The van der Waals surface area contributed by atoms with E-state index >= 15 is 0 Å². The molecule has 0 aliphatic heterocycles. The molecule has 4 nitrogen and oxygen atoms in total. The summed E-state index contributed by atoms with van der Waals surface area (Å²) in [6.45, 7) is 1.64. The van der Waals surface area contributed by atoms with Crippen LogP contribution in [0.1, 0.15) is 6.92 Å². The van der Waals surface area contributed by atoms with Gasteiger partial charge in [-0.05, 0) is 55.0 Å². The van der Waals surface area contributed by atoms with Gasteiger partial charge in [0.15, 0.2) is 5.78 Å². The van der Waals surface area contributed by atoms with Crippen LogP contribution < -0.4 is 0 Å². The number of carbonyl (C=O) groups excluding carboxylic acids is 1. The van der Waals surface area contributed by atoms with Crippen LogP contribution in [0, 0.1) is 0 Å². The smallest absolute Gasteiger partial charge is 0.282 e. The minimum Gasteiger partial charge on any atom is -0.290 e. The highest BCUT2D eigenvalue weighted by molar-refractivity contribution is 7.90. The number of hydrogen-bond acceptors (Lipinski definition) is 3. The Balaban J connectivity index is 2.42. The first-order chi connectivity index (χ1) is 8.88. The fourth-order valence-corrected chi connectivity index (χ4v) is 2.69. The number of allylic oxidation sites excluding steroid dienone is 4. The van der Waals surface area contributed by atoms with Gasteiger partial charge in [0.05, 0.1) is 10.6 Å². The van der Waals surface area contributed by atoms with Crippen molar-refractivity contribution >= 4 is 33.1 Å². The van der Waals surface area contributed by atoms with E-state index in [4.69, 9.17) is 11.6 Å². The molecule has 0 saturated carbocycles. The average molecular weight is 296 g/mol. The van der Waals surface area contributed by atoms with E-state index in [1.165, 1.54) is 42.5 Å². The monoisotopic (exact) mass is 295 g/mol. The zero-order chi connectivity index (χ0) is 14.0. The number of sulfonamides is 1. The maximum absolute atomic E-state index is 12.1. The summed E-state index contributed by atoms with van der Waals surface area (Å²) < 4.78 is 27.8. The molecule has 1 aromatic rings. The lowest BCUT2D eigenvalue weighted by atomic mass is 10.1. The predicted octanol–water partition coefficient (Wildman–Crippen LogP) is 2.55. The average Bonchev–Trinajstić information content (AvgIpc) is 2.33. The topological polar surface area (TPSA) is 63.6 Å². The SMILES string of the molecule is CC1=CC(=O)C=C/C1=N\S(=O)(=O)c1ccc(Cl)cc1. The number of hydrogen-bond donors (Lipinski definition) is 0. The van der Waals surface area contributed by atoms with Gasteiger partial charge in [0, 0.05) is 5.02 Å². The Labute approximate surface area is 116 Å². The van der Waals surface area contributed by atoms with Crippen LogP contribution in [0.25, 0.3) is 0 Å². The van der Waals surface area contributed by atoms with Crippen molar-refractivity contribution < 1.29 is 13.2 Å². The number of halogens is 1. The van der Waals surface area contributed by atoms with Crippen molar-refractivity contribution in [2.75, 3.05) is 0 Å². The van der Waals surface area contributed by atoms with Crippen LogP contribution in [-0.4, -0.2) is 19.9 Å². The van der Waals surface area contributed by atoms with Gasteiger partial charge < -0.3 is 0 Å². The Bertz CT molecular complexity index is 713. The second kappa shape index (κ2) is 5.11. The molecule has 0 aromatic heterocycles. The molecule has 1 aliphatic carbocycles. The Morgan fingerprint density at radius 1 is 1.11 bits per heavy atom. The normalized spacial score (nSPS) is 17.7. The summed E-state index contributed by atoms with van der Waals surface area (Å²) in [4.78, 5) is 11.2. The Morgan fingerprint density at radius 2 is 1.74 bits per heavy atom. The number of rotatable bonds is 2. The molecule has 0 atom stereocenters. The van der Waals surface area contributed by atoms with Gasteiger partial charge in [-0.2, -0.15) is 12.8 Å². The lowest BCUT2D eigenvalue weighted by molar-refractivity contribution is -0.110. The molecule has 0 fully saturated rings. The van der Waals surface area contributed by atoms with Gasteiger partial charge in [-0.1, -0.05) is 11.6 Å². The summed E-state index contributed by atoms with van der Waals surface area (Å²) >= 11 is 5.70. The van der Waals surface area contributed by atoms with Crippen molar-refractivity contribution in [3.63, 3.8) is 0 Å². The largest absolute Gasteiger partial charge is 0.290 e.